The first-order valence-electron chi connectivity index (χ1n) is 7.98. The molecular formula is C16H22N4OS. The van der Waals surface area contributed by atoms with E-state index in [2.05, 4.69) is 38.5 Å². The number of hydrogen-bond donors (Lipinski definition) is 1. The van der Waals surface area contributed by atoms with Crippen molar-refractivity contribution in [3.63, 3.8) is 0 Å². The van der Waals surface area contributed by atoms with Crippen molar-refractivity contribution in [2.75, 3.05) is 13.1 Å². The Hall–Kier alpha value is -1.24. The second kappa shape index (κ2) is 5.76. The SMILES string of the molecule is Cc1nc([C@H]2C[C@@H]3CCN(Cc4sccc4C)C[C@H]3O2)n[nH]1. The quantitative estimate of drug-likeness (QED) is 0.945. The van der Waals surface area contributed by atoms with Crippen molar-refractivity contribution in [1.29, 1.82) is 0 Å². The molecule has 2 fully saturated rings. The molecule has 4 rings (SSSR count). The molecule has 0 radical (unpaired) electrons. The summed E-state index contributed by atoms with van der Waals surface area (Å²) in [5.74, 6) is 2.35. The van der Waals surface area contributed by atoms with Gasteiger partial charge in [0.05, 0.1) is 6.10 Å². The summed E-state index contributed by atoms with van der Waals surface area (Å²) in [4.78, 5) is 8.46. The predicted octanol–water partition coefficient (Wildman–Crippen LogP) is 2.84. The number of rotatable bonds is 3. The molecule has 4 heterocycles. The Bertz CT molecular complexity index is 652. The van der Waals surface area contributed by atoms with Crippen molar-refractivity contribution < 1.29 is 4.74 Å². The monoisotopic (exact) mass is 318 g/mol. The molecule has 0 amide bonds. The van der Waals surface area contributed by atoms with E-state index in [1.54, 1.807) is 0 Å². The number of ether oxygens (including phenoxy) is 1. The van der Waals surface area contributed by atoms with Gasteiger partial charge in [0.15, 0.2) is 5.82 Å². The number of nitrogens with one attached hydrogen (secondary N) is 1. The summed E-state index contributed by atoms with van der Waals surface area (Å²) >= 11 is 1.86. The molecule has 2 aliphatic rings. The van der Waals surface area contributed by atoms with Crippen LogP contribution in [0.4, 0.5) is 0 Å². The van der Waals surface area contributed by atoms with Crippen LogP contribution in [0.3, 0.4) is 0 Å². The third-order valence-corrected chi connectivity index (χ3v) is 5.88. The van der Waals surface area contributed by atoms with Crippen LogP contribution in [0.15, 0.2) is 11.4 Å². The Morgan fingerprint density at radius 1 is 1.45 bits per heavy atom. The molecule has 0 saturated carbocycles. The van der Waals surface area contributed by atoms with Crippen molar-refractivity contribution in [3.05, 3.63) is 33.5 Å². The van der Waals surface area contributed by atoms with Crippen LogP contribution in [-0.4, -0.2) is 39.3 Å². The summed E-state index contributed by atoms with van der Waals surface area (Å²) in [5.41, 5.74) is 1.41. The normalized spacial score (nSPS) is 28.9. The van der Waals surface area contributed by atoms with Crippen molar-refractivity contribution in [2.45, 2.75) is 45.4 Å². The highest BCUT2D eigenvalue weighted by atomic mass is 32.1. The summed E-state index contributed by atoms with van der Waals surface area (Å²) in [6.07, 6.45) is 2.68. The lowest BCUT2D eigenvalue weighted by atomic mass is 9.91. The fraction of sp³-hybridized carbons (Fsp3) is 0.625. The maximum atomic E-state index is 6.26. The van der Waals surface area contributed by atoms with Gasteiger partial charge >= 0.3 is 0 Å². The average Bonchev–Trinajstić information content (AvgIpc) is 3.19. The van der Waals surface area contributed by atoms with E-state index in [0.717, 1.165) is 31.2 Å². The Labute approximate surface area is 134 Å². The first kappa shape index (κ1) is 14.4. The van der Waals surface area contributed by atoms with Gasteiger partial charge in [0, 0.05) is 18.0 Å². The predicted molar refractivity (Wildman–Crippen MR) is 85.8 cm³/mol. The van der Waals surface area contributed by atoms with E-state index in [4.69, 9.17) is 4.74 Å². The molecule has 22 heavy (non-hydrogen) atoms. The number of aromatic nitrogens is 3. The molecule has 2 saturated heterocycles. The molecule has 0 bridgehead atoms. The first-order chi connectivity index (χ1) is 10.7. The molecule has 0 unspecified atom stereocenters. The zero-order chi connectivity index (χ0) is 15.1. The lowest BCUT2D eigenvalue weighted by Crippen LogP contribution is -2.41. The van der Waals surface area contributed by atoms with Crippen LogP contribution in [0.1, 0.15) is 41.0 Å². The number of piperidine rings is 1. The number of H-pyrrole nitrogens is 1. The summed E-state index contributed by atoms with van der Waals surface area (Å²) < 4.78 is 6.26. The second-order valence-electron chi connectivity index (χ2n) is 6.49. The standard InChI is InChI=1S/C16H22N4OS/c1-10-4-6-22-15(10)9-20-5-3-12-7-13(21-14(12)8-20)16-17-11(2)18-19-16/h4,6,12-14H,3,5,7-9H2,1-2H3,(H,17,18,19)/t12-,13+,14+/m0/s1. The Morgan fingerprint density at radius 2 is 2.36 bits per heavy atom. The van der Waals surface area contributed by atoms with Gasteiger partial charge in [0.2, 0.25) is 0 Å². The van der Waals surface area contributed by atoms with E-state index < -0.39 is 0 Å². The Morgan fingerprint density at radius 3 is 3.09 bits per heavy atom. The molecular weight excluding hydrogens is 296 g/mol. The van der Waals surface area contributed by atoms with Gasteiger partial charge in [-0.25, -0.2) is 4.98 Å². The molecule has 1 N–H and O–H groups in total. The molecule has 2 aromatic heterocycles. The maximum absolute atomic E-state index is 6.26. The van der Waals surface area contributed by atoms with E-state index in [1.165, 1.54) is 23.4 Å². The minimum absolute atomic E-state index is 0.0726. The molecule has 118 valence electrons. The topological polar surface area (TPSA) is 54.0 Å². The lowest BCUT2D eigenvalue weighted by Gasteiger charge is -2.33. The highest BCUT2D eigenvalue weighted by Crippen LogP contribution is 2.40. The average molecular weight is 318 g/mol. The Kier molecular flexibility index (Phi) is 3.76. The first-order valence-corrected chi connectivity index (χ1v) is 8.86. The highest BCUT2D eigenvalue weighted by molar-refractivity contribution is 7.10. The summed E-state index contributed by atoms with van der Waals surface area (Å²) in [6.45, 7) is 7.39. The summed E-state index contributed by atoms with van der Waals surface area (Å²) in [5, 5.41) is 9.38. The van der Waals surface area contributed by atoms with Crippen molar-refractivity contribution in [3.8, 4) is 0 Å². The van der Waals surface area contributed by atoms with Crippen molar-refractivity contribution in [2.24, 2.45) is 5.92 Å². The largest absolute Gasteiger partial charge is 0.365 e. The minimum Gasteiger partial charge on any atom is -0.365 e. The van der Waals surface area contributed by atoms with Crippen LogP contribution in [0.5, 0.6) is 0 Å². The van der Waals surface area contributed by atoms with E-state index in [9.17, 15) is 0 Å². The Balaban J connectivity index is 1.40. The molecule has 5 nitrogen and oxygen atoms in total. The van der Waals surface area contributed by atoms with Gasteiger partial charge in [0.25, 0.3) is 0 Å². The van der Waals surface area contributed by atoms with Crippen LogP contribution >= 0.6 is 11.3 Å². The van der Waals surface area contributed by atoms with E-state index in [1.807, 2.05) is 18.3 Å². The van der Waals surface area contributed by atoms with E-state index in [-0.39, 0.29) is 6.10 Å². The van der Waals surface area contributed by atoms with E-state index >= 15 is 0 Å². The third kappa shape index (κ3) is 2.71. The third-order valence-electron chi connectivity index (χ3n) is 4.87. The molecule has 2 aromatic rings. The van der Waals surface area contributed by atoms with Gasteiger partial charge in [-0.05, 0) is 56.2 Å². The number of aryl methyl sites for hydroxylation is 2. The lowest BCUT2D eigenvalue weighted by molar-refractivity contribution is -0.0117. The zero-order valence-electron chi connectivity index (χ0n) is 13.1. The number of hydrogen-bond acceptors (Lipinski definition) is 5. The highest BCUT2D eigenvalue weighted by Gasteiger charge is 2.41. The minimum atomic E-state index is 0.0726. The van der Waals surface area contributed by atoms with Gasteiger partial charge < -0.3 is 4.74 Å². The number of fused-ring (bicyclic) bond motifs is 1. The summed E-state index contributed by atoms with van der Waals surface area (Å²) in [6, 6.07) is 2.21. The van der Waals surface area contributed by atoms with Gasteiger partial charge in [-0.2, -0.15) is 5.10 Å². The van der Waals surface area contributed by atoms with Gasteiger partial charge in [-0.1, -0.05) is 0 Å². The summed E-state index contributed by atoms with van der Waals surface area (Å²) in [7, 11) is 0. The molecule has 2 aliphatic heterocycles. The van der Waals surface area contributed by atoms with Gasteiger partial charge in [-0.3, -0.25) is 10.00 Å². The number of likely N-dealkylation sites (tertiary alicyclic amines) is 1. The molecule has 6 heteroatoms. The van der Waals surface area contributed by atoms with E-state index in [0.29, 0.717) is 12.0 Å². The van der Waals surface area contributed by atoms with Crippen LogP contribution in [0.2, 0.25) is 0 Å². The zero-order valence-corrected chi connectivity index (χ0v) is 13.9. The van der Waals surface area contributed by atoms with Gasteiger partial charge in [-0.15, -0.1) is 11.3 Å². The molecule has 0 aromatic carbocycles. The second-order valence-corrected chi connectivity index (χ2v) is 7.49. The fourth-order valence-corrected chi connectivity index (χ4v) is 4.52. The molecule has 0 spiro atoms. The van der Waals surface area contributed by atoms with Gasteiger partial charge in [0.1, 0.15) is 11.9 Å². The van der Waals surface area contributed by atoms with Crippen molar-refractivity contribution >= 4 is 11.3 Å². The number of nitrogens with zero attached hydrogens (tertiary/aromatic N) is 3. The fourth-order valence-electron chi connectivity index (χ4n) is 3.58. The van der Waals surface area contributed by atoms with Crippen LogP contribution < -0.4 is 0 Å². The van der Waals surface area contributed by atoms with Crippen LogP contribution in [0.25, 0.3) is 0 Å². The van der Waals surface area contributed by atoms with Crippen molar-refractivity contribution in [1.82, 2.24) is 20.1 Å². The van der Waals surface area contributed by atoms with Crippen LogP contribution in [0, 0.1) is 19.8 Å². The van der Waals surface area contributed by atoms with Crippen LogP contribution in [-0.2, 0) is 11.3 Å². The maximum Gasteiger partial charge on any atom is 0.179 e. The molecule has 0 aliphatic carbocycles. The molecule has 3 atom stereocenters. The number of aromatic amines is 1. The smallest absolute Gasteiger partial charge is 0.179 e. The number of thiophene rings is 1.